The number of para-hydroxylation sites is 1. The molecule has 1 aliphatic rings. The molecule has 0 saturated carbocycles. The molecule has 0 N–H and O–H groups in total. The summed E-state index contributed by atoms with van der Waals surface area (Å²) in [4.78, 5) is 31.9. The van der Waals surface area contributed by atoms with Crippen molar-refractivity contribution >= 4 is 40.5 Å². The Bertz CT molecular complexity index is 895. The second-order valence-electron chi connectivity index (χ2n) is 7.23. The van der Waals surface area contributed by atoms with Crippen molar-refractivity contribution in [1.29, 1.82) is 0 Å². The highest BCUT2D eigenvalue weighted by Crippen LogP contribution is 2.41. The van der Waals surface area contributed by atoms with Gasteiger partial charge in [0.25, 0.3) is 5.91 Å². The maximum absolute atomic E-state index is 13.3. The molecule has 2 aromatic carbocycles. The minimum Gasteiger partial charge on any atom is -0.309 e. The fourth-order valence-corrected chi connectivity index (χ4v) is 3.92. The van der Waals surface area contributed by atoms with E-state index < -0.39 is 0 Å². The first kappa shape index (κ1) is 21.3. The zero-order valence-electron chi connectivity index (χ0n) is 17.3. The van der Waals surface area contributed by atoms with Gasteiger partial charge in [-0.05, 0) is 62.8 Å². The molecule has 0 atom stereocenters. The molecule has 2 aromatic rings. The molecule has 1 heterocycles. The van der Waals surface area contributed by atoms with Crippen molar-refractivity contribution in [2.45, 2.75) is 33.1 Å². The molecule has 0 aliphatic carbocycles. The Morgan fingerprint density at radius 2 is 1.72 bits per heavy atom. The third-order valence-electron chi connectivity index (χ3n) is 5.48. The summed E-state index contributed by atoms with van der Waals surface area (Å²) in [6.45, 7) is 7.33. The minimum atomic E-state index is -0.152. The van der Waals surface area contributed by atoms with Crippen molar-refractivity contribution in [3.63, 3.8) is 0 Å². The van der Waals surface area contributed by atoms with E-state index >= 15 is 0 Å². The molecule has 0 spiro atoms. The van der Waals surface area contributed by atoms with Crippen molar-refractivity contribution in [2.75, 3.05) is 36.5 Å². The molecular weight excluding hydrogens is 386 g/mol. The van der Waals surface area contributed by atoms with Crippen LogP contribution in [0, 0.1) is 0 Å². The van der Waals surface area contributed by atoms with Gasteiger partial charge in [-0.3, -0.25) is 14.5 Å². The molecule has 0 saturated heterocycles. The van der Waals surface area contributed by atoms with Crippen LogP contribution in [0.4, 0.5) is 17.1 Å². The average Bonchev–Trinajstić information content (AvgIpc) is 2.82. The molecule has 29 heavy (non-hydrogen) atoms. The van der Waals surface area contributed by atoms with Gasteiger partial charge in [0.1, 0.15) is 0 Å². The SMILES string of the molecule is CCN(CC)CCCCC(=O)N1c2ccccc2C(=O)N(C)c2cc(Cl)ccc21. The molecule has 1 aliphatic heterocycles. The van der Waals surface area contributed by atoms with Crippen LogP contribution in [0.2, 0.25) is 5.02 Å². The van der Waals surface area contributed by atoms with E-state index in [9.17, 15) is 9.59 Å². The van der Waals surface area contributed by atoms with Gasteiger partial charge < -0.3 is 9.80 Å². The standard InChI is InChI=1S/C23H28ClN3O2/c1-4-26(5-2)15-9-8-12-22(28)27-19-11-7-6-10-18(19)23(29)25(3)21-16-17(24)13-14-20(21)27/h6-7,10-11,13-14,16H,4-5,8-9,12,15H2,1-3H3. The maximum atomic E-state index is 13.3. The number of nitrogens with zero attached hydrogens (tertiary/aromatic N) is 3. The number of amides is 2. The summed E-state index contributed by atoms with van der Waals surface area (Å²) in [6.07, 6.45) is 2.20. The van der Waals surface area contributed by atoms with Crippen LogP contribution in [0.15, 0.2) is 42.5 Å². The van der Waals surface area contributed by atoms with Crippen LogP contribution in [0.5, 0.6) is 0 Å². The summed E-state index contributed by atoms with van der Waals surface area (Å²) in [5.74, 6) is -0.162. The van der Waals surface area contributed by atoms with Crippen LogP contribution in [0.1, 0.15) is 43.5 Å². The van der Waals surface area contributed by atoms with E-state index in [1.165, 1.54) is 0 Å². The number of carbonyl (C=O) groups excluding carboxylic acids is 2. The Morgan fingerprint density at radius 1 is 1.00 bits per heavy atom. The van der Waals surface area contributed by atoms with Gasteiger partial charge >= 0.3 is 0 Å². The van der Waals surface area contributed by atoms with Gasteiger partial charge in [-0.1, -0.05) is 37.6 Å². The topological polar surface area (TPSA) is 43.9 Å². The summed E-state index contributed by atoms with van der Waals surface area (Å²) in [5.41, 5.74) is 2.46. The van der Waals surface area contributed by atoms with Gasteiger partial charge in [-0.15, -0.1) is 0 Å². The fraction of sp³-hybridized carbons (Fsp3) is 0.391. The monoisotopic (exact) mass is 413 g/mol. The molecule has 0 unspecified atom stereocenters. The van der Waals surface area contributed by atoms with Gasteiger partial charge in [0, 0.05) is 18.5 Å². The second-order valence-corrected chi connectivity index (χ2v) is 7.66. The number of benzene rings is 2. The van der Waals surface area contributed by atoms with Crippen LogP contribution in [-0.2, 0) is 4.79 Å². The van der Waals surface area contributed by atoms with Crippen LogP contribution in [0.3, 0.4) is 0 Å². The first-order valence-electron chi connectivity index (χ1n) is 10.2. The number of hydrogen-bond acceptors (Lipinski definition) is 3. The highest BCUT2D eigenvalue weighted by atomic mass is 35.5. The Kier molecular flexibility index (Phi) is 6.93. The zero-order chi connectivity index (χ0) is 21.0. The van der Waals surface area contributed by atoms with Crippen molar-refractivity contribution in [3.8, 4) is 0 Å². The quantitative estimate of drug-likeness (QED) is 0.592. The zero-order valence-corrected chi connectivity index (χ0v) is 18.1. The number of fused-ring (bicyclic) bond motifs is 2. The lowest BCUT2D eigenvalue weighted by Gasteiger charge is -2.25. The Hall–Kier alpha value is -2.37. The predicted molar refractivity (Wildman–Crippen MR) is 119 cm³/mol. The van der Waals surface area contributed by atoms with E-state index in [0.717, 1.165) is 32.5 Å². The number of unbranched alkanes of at least 4 members (excludes halogenated alkanes) is 1. The smallest absolute Gasteiger partial charge is 0.260 e. The van der Waals surface area contributed by atoms with Gasteiger partial charge in [0.2, 0.25) is 5.91 Å². The molecule has 6 heteroatoms. The van der Waals surface area contributed by atoms with Crippen LogP contribution < -0.4 is 9.80 Å². The van der Waals surface area contributed by atoms with Crippen molar-refractivity contribution < 1.29 is 9.59 Å². The first-order valence-corrected chi connectivity index (χ1v) is 10.6. The predicted octanol–water partition coefficient (Wildman–Crippen LogP) is 5.11. The third-order valence-corrected chi connectivity index (χ3v) is 5.71. The van der Waals surface area contributed by atoms with E-state index in [0.29, 0.717) is 34.1 Å². The van der Waals surface area contributed by atoms with E-state index in [-0.39, 0.29) is 11.8 Å². The highest BCUT2D eigenvalue weighted by Gasteiger charge is 2.31. The van der Waals surface area contributed by atoms with E-state index in [4.69, 9.17) is 11.6 Å². The minimum absolute atomic E-state index is 0.0105. The van der Waals surface area contributed by atoms with Gasteiger partial charge in [-0.2, -0.15) is 0 Å². The molecule has 154 valence electrons. The number of halogens is 1. The lowest BCUT2D eigenvalue weighted by Crippen LogP contribution is -2.27. The average molecular weight is 414 g/mol. The third kappa shape index (κ3) is 4.46. The van der Waals surface area contributed by atoms with E-state index in [1.807, 2.05) is 24.3 Å². The maximum Gasteiger partial charge on any atom is 0.260 e. The van der Waals surface area contributed by atoms with Crippen molar-refractivity contribution in [2.24, 2.45) is 0 Å². The van der Waals surface area contributed by atoms with Crippen molar-refractivity contribution in [1.82, 2.24) is 4.90 Å². The van der Waals surface area contributed by atoms with E-state index in [2.05, 4.69) is 18.7 Å². The molecule has 0 fully saturated rings. The molecule has 0 bridgehead atoms. The number of carbonyl (C=O) groups is 2. The molecule has 2 amide bonds. The van der Waals surface area contributed by atoms with Crippen LogP contribution >= 0.6 is 11.6 Å². The van der Waals surface area contributed by atoms with Crippen molar-refractivity contribution in [3.05, 3.63) is 53.1 Å². The lowest BCUT2D eigenvalue weighted by molar-refractivity contribution is -0.118. The van der Waals surface area contributed by atoms with Gasteiger partial charge in [-0.25, -0.2) is 0 Å². The summed E-state index contributed by atoms with van der Waals surface area (Å²) in [5, 5.41) is 0.529. The molecule has 0 aromatic heterocycles. The van der Waals surface area contributed by atoms with Crippen LogP contribution in [-0.4, -0.2) is 43.4 Å². The number of hydrogen-bond donors (Lipinski definition) is 0. The molecular formula is C23H28ClN3O2. The fourth-order valence-electron chi connectivity index (χ4n) is 3.76. The molecule has 3 rings (SSSR count). The van der Waals surface area contributed by atoms with E-state index in [1.54, 1.807) is 35.0 Å². The summed E-state index contributed by atoms with van der Waals surface area (Å²) < 4.78 is 0. The van der Waals surface area contributed by atoms with Gasteiger partial charge in [0.15, 0.2) is 0 Å². The molecule has 5 nitrogen and oxygen atoms in total. The Labute approximate surface area is 177 Å². The normalized spacial score (nSPS) is 13.3. The number of rotatable bonds is 7. The van der Waals surface area contributed by atoms with Gasteiger partial charge in [0.05, 0.1) is 22.6 Å². The Morgan fingerprint density at radius 3 is 2.45 bits per heavy atom. The molecule has 0 radical (unpaired) electrons. The second kappa shape index (κ2) is 9.42. The van der Waals surface area contributed by atoms with Crippen LogP contribution in [0.25, 0.3) is 0 Å². The largest absolute Gasteiger partial charge is 0.309 e. The summed E-state index contributed by atoms with van der Waals surface area (Å²) >= 11 is 6.19. The Balaban J connectivity index is 1.91. The summed E-state index contributed by atoms with van der Waals surface area (Å²) in [7, 11) is 1.71. The first-order chi connectivity index (χ1) is 14.0. The highest BCUT2D eigenvalue weighted by molar-refractivity contribution is 6.31. The summed E-state index contributed by atoms with van der Waals surface area (Å²) in [6, 6.07) is 12.6. The number of anilines is 3. The lowest BCUT2D eigenvalue weighted by atomic mass is 10.1.